The van der Waals surface area contributed by atoms with Crippen LogP contribution >= 0.6 is 11.3 Å². The van der Waals surface area contributed by atoms with Gasteiger partial charge in [-0.2, -0.15) is 0 Å². The van der Waals surface area contributed by atoms with Gasteiger partial charge in [0.05, 0.1) is 17.9 Å². The molecule has 0 radical (unpaired) electrons. The summed E-state index contributed by atoms with van der Waals surface area (Å²) >= 11 is 1.47. The van der Waals surface area contributed by atoms with Crippen molar-refractivity contribution in [2.45, 2.75) is 40.0 Å². The molecule has 0 saturated carbocycles. The minimum atomic E-state index is -0.280. The number of carbonyl (C=O) groups excluding carboxylic acids is 2. The smallest absolute Gasteiger partial charge is 0.306 e. The maximum Gasteiger partial charge on any atom is 0.306 e. The maximum absolute atomic E-state index is 11.7. The number of Topliss-reactive ketones (excluding diaryl/α,β-unsaturated/α-hetero) is 1. The standard InChI is InChI=1S/C14H20O3S/c1-10(2)8-9-17-14(16)7-5-12(15)13-6-4-11(3)18-13/h4,6,10H,5,7-9H2,1-3H3. The summed E-state index contributed by atoms with van der Waals surface area (Å²) in [5.41, 5.74) is 0. The van der Waals surface area contributed by atoms with Crippen molar-refractivity contribution in [3.63, 3.8) is 0 Å². The van der Waals surface area contributed by atoms with Crippen molar-refractivity contribution < 1.29 is 14.3 Å². The monoisotopic (exact) mass is 268 g/mol. The number of carbonyl (C=O) groups is 2. The number of rotatable bonds is 7. The first-order valence-electron chi connectivity index (χ1n) is 6.24. The highest BCUT2D eigenvalue weighted by Crippen LogP contribution is 2.17. The topological polar surface area (TPSA) is 43.4 Å². The zero-order valence-electron chi connectivity index (χ0n) is 11.2. The molecule has 1 rings (SSSR count). The van der Waals surface area contributed by atoms with Crippen molar-refractivity contribution in [1.29, 1.82) is 0 Å². The molecule has 0 aliphatic heterocycles. The molecule has 18 heavy (non-hydrogen) atoms. The molecule has 0 aromatic carbocycles. The summed E-state index contributed by atoms with van der Waals surface area (Å²) in [5, 5.41) is 0. The Morgan fingerprint density at radius 3 is 2.56 bits per heavy atom. The van der Waals surface area contributed by atoms with E-state index in [0.29, 0.717) is 12.5 Å². The molecule has 1 aromatic rings. The van der Waals surface area contributed by atoms with Crippen molar-refractivity contribution >= 4 is 23.1 Å². The van der Waals surface area contributed by atoms with E-state index in [9.17, 15) is 9.59 Å². The van der Waals surface area contributed by atoms with Crippen molar-refractivity contribution in [1.82, 2.24) is 0 Å². The minimum absolute atomic E-state index is 0.0221. The Morgan fingerprint density at radius 1 is 1.28 bits per heavy atom. The van der Waals surface area contributed by atoms with E-state index in [1.54, 1.807) is 0 Å². The summed E-state index contributed by atoms with van der Waals surface area (Å²) in [6.45, 7) is 6.57. The van der Waals surface area contributed by atoms with Crippen LogP contribution < -0.4 is 0 Å². The highest BCUT2D eigenvalue weighted by Gasteiger charge is 2.11. The Balaban J connectivity index is 2.24. The maximum atomic E-state index is 11.7. The van der Waals surface area contributed by atoms with Gasteiger partial charge in [0.1, 0.15) is 0 Å². The fourth-order valence-corrected chi connectivity index (χ4v) is 2.24. The first kappa shape index (κ1) is 14.9. The Labute approximate surface area is 112 Å². The van der Waals surface area contributed by atoms with Gasteiger partial charge >= 0.3 is 5.97 Å². The van der Waals surface area contributed by atoms with Crippen LogP contribution in [0, 0.1) is 12.8 Å². The summed E-state index contributed by atoms with van der Waals surface area (Å²) in [6, 6.07) is 3.73. The molecule has 4 heteroatoms. The molecule has 1 aromatic heterocycles. The summed E-state index contributed by atoms with van der Waals surface area (Å²) in [7, 11) is 0. The third-order valence-corrected chi connectivity index (χ3v) is 3.57. The van der Waals surface area contributed by atoms with Gasteiger partial charge in [-0.15, -0.1) is 11.3 Å². The zero-order chi connectivity index (χ0) is 13.5. The van der Waals surface area contributed by atoms with Gasteiger partial charge in [-0.1, -0.05) is 13.8 Å². The summed E-state index contributed by atoms with van der Waals surface area (Å²) in [6.07, 6.45) is 1.28. The number of hydrogen-bond acceptors (Lipinski definition) is 4. The number of thiophene rings is 1. The molecule has 0 aliphatic rings. The Bertz CT molecular complexity index is 407. The minimum Gasteiger partial charge on any atom is -0.466 e. The van der Waals surface area contributed by atoms with Crippen LogP contribution in [0.4, 0.5) is 0 Å². The molecular formula is C14H20O3S. The van der Waals surface area contributed by atoms with Gasteiger partial charge in [0.2, 0.25) is 0 Å². The largest absolute Gasteiger partial charge is 0.466 e. The summed E-state index contributed by atoms with van der Waals surface area (Å²) < 4.78 is 5.06. The number of hydrogen-bond donors (Lipinski definition) is 0. The molecule has 100 valence electrons. The van der Waals surface area contributed by atoms with Crippen LogP contribution in [-0.4, -0.2) is 18.4 Å². The fourth-order valence-electron chi connectivity index (χ4n) is 1.40. The molecule has 0 amide bonds. The molecule has 0 saturated heterocycles. The van der Waals surface area contributed by atoms with Gasteiger partial charge in [0, 0.05) is 11.3 Å². The van der Waals surface area contributed by atoms with Crippen molar-refractivity contribution in [2.24, 2.45) is 5.92 Å². The predicted molar refractivity (Wildman–Crippen MR) is 73.0 cm³/mol. The van der Waals surface area contributed by atoms with Gasteiger partial charge in [0.25, 0.3) is 0 Å². The molecule has 3 nitrogen and oxygen atoms in total. The van der Waals surface area contributed by atoms with Gasteiger partial charge in [0.15, 0.2) is 5.78 Å². The van der Waals surface area contributed by atoms with Gasteiger partial charge in [-0.05, 0) is 31.4 Å². The average molecular weight is 268 g/mol. The second kappa shape index (κ2) is 7.31. The van der Waals surface area contributed by atoms with Crippen LogP contribution in [0.1, 0.15) is 47.7 Å². The van der Waals surface area contributed by atoms with E-state index in [1.165, 1.54) is 11.3 Å². The average Bonchev–Trinajstić information content (AvgIpc) is 2.72. The van der Waals surface area contributed by atoms with Crippen LogP contribution in [-0.2, 0) is 9.53 Å². The van der Waals surface area contributed by atoms with E-state index in [4.69, 9.17) is 4.74 Å². The van der Waals surface area contributed by atoms with E-state index in [2.05, 4.69) is 13.8 Å². The van der Waals surface area contributed by atoms with Gasteiger partial charge in [-0.3, -0.25) is 9.59 Å². The fraction of sp³-hybridized carbons (Fsp3) is 0.571. The lowest BCUT2D eigenvalue weighted by atomic mass is 10.1. The second-order valence-corrected chi connectivity index (χ2v) is 6.02. The molecule has 0 unspecified atom stereocenters. The van der Waals surface area contributed by atoms with Crippen LogP contribution in [0.25, 0.3) is 0 Å². The molecule has 0 spiro atoms. The number of ether oxygens (including phenoxy) is 1. The van der Waals surface area contributed by atoms with Gasteiger partial charge < -0.3 is 4.74 Å². The predicted octanol–water partition coefficient (Wildman–Crippen LogP) is 3.61. The van der Waals surface area contributed by atoms with Crippen LogP contribution in [0.2, 0.25) is 0 Å². The highest BCUT2D eigenvalue weighted by atomic mass is 32.1. The zero-order valence-corrected chi connectivity index (χ0v) is 12.0. The second-order valence-electron chi connectivity index (χ2n) is 4.74. The third-order valence-electron chi connectivity index (χ3n) is 2.53. The van der Waals surface area contributed by atoms with Crippen molar-refractivity contribution in [2.75, 3.05) is 6.61 Å². The number of esters is 1. The lowest BCUT2D eigenvalue weighted by Crippen LogP contribution is -2.09. The Morgan fingerprint density at radius 2 is 2.00 bits per heavy atom. The first-order chi connectivity index (χ1) is 8.49. The van der Waals surface area contributed by atoms with E-state index in [0.717, 1.165) is 16.2 Å². The molecule has 0 fully saturated rings. The SMILES string of the molecule is Cc1ccc(C(=O)CCC(=O)OCCC(C)C)s1. The highest BCUT2D eigenvalue weighted by molar-refractivity contribution is 7.14. The van der Waals surface area contributed by atoms with E-state index in [1.807, 2.05) is 19.1 Å². The molecule has 0 N–H and O–H groups in total. The quantitative estimate of drug-likeness (QED) is 0.560. The van der Waals surface area contributed by atoms with E-state index < -0.39 is 0 Å². The molecule has 0 aliphatic carbocycles. The lowest BCUT2D eigenvalue weighted by Gasteiger charge is -2.06. The Hall–Kier alpha value is -1.16. The van der Waals surface area contributed by atoms with Crippen LogP contribution in [0.15, 0.2) is 12.1 Å². The summed E-state index contributed by atoms with van der Waals surface area (Å²) in [4.78, 5) is 25.0. The van der Waals surface area contributed by atoms with Crippen LogP contribution in [0.5, 0.6) is 0 Å². The van der Waals surface area contributed by atoms with E-state index in [-0.39, 0.29) is 24.6 Å². The molecular weight excluding hydrogens is 248 g/mol. The first-order valence-corrected chi connectivity index (χ1v) is 7.06. The molecule has 1 heterocycles. The van der Waals surface area contributed by atoms with Crippen LogP contribution in [0.3, 0.4) is 0 Å². The van der Waals surface area contributed by atoms with E-state index >= 15 is 0 Å². The van der Waals surface area contributed by atoms with Crippen molar-refractivity contribution in [3.05, 3.63) is 21.9 Å². The van der Waals surface area contributed by atoms with Gasteiger partial charge in [-0.25, -0.2) is 0 Å². The number of ketones is 1. The van der Waals surface area contributed by atoms with Crippen molar-refractivity contribution in [3.8, 4) is 0 Å². The molecule has 0 atom stereocenters. The normalized spacial score (nSPS) is 10.7. The third kappa shape index (κ3) is 5.45. The lowest BCUT2D eigenvalue weighted by molar-refractivity contribution is -0.143. The molecule has 0 bridgehead atoms. The Kier molecular flexibility index (Phi) is 6.05. The summed E-state index contributed by atoms with van der Waals surface area (Å²) in [5.74, 6) is 0.264. The number of aryl methyl sites for hydroxylation is 1.